The molecule has 0 heterocycles. The minimum atomic E-state index is 0.682. The molecule has 0 N–H and O–H groups in total. The molecule has 0 aliphatic carbocycles. The number of hydrogen-bond donors (Lipinski definition) is 0. The van der Waals surface area contributed by atoms with Gasteiger partial charge in [-0.25, -0.2) is 0 Å². The molecule has 1 rings (SSSR count). The first-order valence-electron chi connectivity index (χ1n) is 4.56. The molecule has 1 aromatic carbocycles. The maximum absolute atomic E-state index is 5.59. The maximum Gasteiger partial charge on any atom is 0.123 e. The molecule has 0 saturated carbocycles. The summed E-state index contributed by atoms with van der Waals surface area (Å²) in [6.07, 6.45) is 6.83. The van der Waals surface area contributed by atoms with Gasteiger partial charge in [0.25, 0.3) is 0 Å². The summed E-state index contributed by atoms with van der Waals surface area (Å²) >= 11 is 3.41. The summed E-state index contributed by atoms with van der Waals surface area (Å²) in [5.41, 5.74) is 1.15. The van der Waals surface area contributed by atoms with Crippen LogP contribution >= 0.6 is 15.9 Å². The van der Waals surface area contributed by atoms with Crippen LogP contribution < -0.4 is 4.74 Å². The number of rotatable bonds is 4. The fourth-order valence-electron chi connectivity index (χ4n) is 1.09. The Morgan fingerprint density at radius 3 is 3.00 bits per heavy atom. The Balaban J connectivity index is 2.50. The second-order valence-electron chi connectivity index (χ2n) is 3.07. The highest BCUT2D eigenvalue weighted by molar-refractivity contribution is 9.10. The number of ether oxygens (including phenoxy) is 1. The summed E-state index contributed by atoms with van der Waals surface area (Å²) < 4.78 is 6.63. The third-order valence-electron chi connectivity index (χ3n) is 1.87. The number of terminal acetylenes is 1. The van der Waals surface area contributed by atoms with Crippen LogP contribution in [0.4, 0.5) is 0 Å². The molecule has 14 heavy (non-hydrogen) atoms. The Labute approximate surface area is 93.6 Å². The number of unbranched alkanes of at least 4 members (excludes halogenated alkanes) is 1. The standard InChI is InChI=1S/C12H13BrO/c1-3-4-5-8-14-12-9-11(13)7-6-10(12)2/h1,6-7,9H,4-5,8H2,2H3. The van der Waals surface area contributed by atoms with Crippen molar-refractivity contribution in [1.29, 1.82) is 0 Å². The summed E-state index contributed by atoms with van der Waals surface area (Å²) in [4.78, 5) is 0. The first-order chi connectivity index (χ1) is 6.74. The molecule has 0 aliphatic heterocycles. The maximum atomic E-state index is 5.59. The molecule has 1 aromatic rings. The van der Waals surface area contributed by atoms with E-state index >= 15 is 0 Å². The minimum absolute atomic E-state index is 0.682. The molecule has 0 aromatic heterocycles. The van der Waals surface area contributed by atoms with E-state index in [0.29, 0.717) is 6.61 Å². The van der Waals surface area contributed by atoms with Crippen molar-refractivity contribution in [2.45, 2.75) is 19.8 Å². The van der Waals surface area contributed by atoms with Crippen LogP contribution in [0.25, 0.3) is 0 Å². The van der Waals surface area contributed by atoms with Crippen molar-refractivity contribution < 1.29 is 4.74 Å². The highest BCUT2D eigenvalue weighted by Gasteiger charge is 1.99. The van der Waals surface area contributed by atoms with Crippen LogP contribution in [-0.2, 0) is 0 Å². The lowest BCUT2D eigenvalue weighted by Gasteiger charge is -2.08. The topological polar surface area (TPSA) is 9.23 Å². The molecule has 0 saturated heterocycles. The monoisotopic (exact) mass is 252 g/mol. The Morgan fingerprint density at radius 1 is 1.50 bits per heavy atom. The predicted octanol–water partition coefficient (Wildman–Crippen LogP) is 3.55. The highest BCUT2D eigenvalue weighted by atomic mass is 79.9. The molecule has 1 nitrogen and oxygen atoms in total. The number of aryl methyl sites for hydroxylation is 1. The molecule has 0 aliphatic rings. The number of benzene rings is 1. The van der Waals surface area contributed by atoms with E-state index in [0.717, 1.165) is 28.6 Å². The zero-order chi connectivity index (χ0) is 10.4. The summed E-state index contributed by atoms with van der Waals surface area (Å²) in [6, 6.07) is 6.01. The second-order valence-corrected chi connectivity index (χ2v) is 3.98. The second kappa shape index (κ2) is 5.72. The van der Waals surface area contributed by atoms with Gasteiger partial charge in [-0.3, -0.25) is 0 Å². The molecular formula is C12H13BrO. The molecular weight excluding hydrogens is 240 g/mol. The molecule has 0 amide bonds. The Morgan fingerprint density at radius 2 is 2.29 bits per heavy atom. The minimum Gasteiger partial charge on any atom is -0.493 e. The van der Waals surface area contributed by atoms with E-state index in [4.69, 9.17) is 11.2 Å². The molecule has 0 spiro atoms. The van der Waals surface area contributed by atoms with Crippen LogP contribution in [-0.4, -0.2) is 6.61 Å². The fraction of sp³-hybridized carbons (Fsp3) is 0.333. The van der Waals surface area contributed by atoms with Gasteiger partial charge in [0.1, 0.15) is 5.75 Å². The van der Waals surface area contributed by atoms with E-state index in [-0.39, 0.29) is 0 Å². The molecule has 0 atom stereocenters. The van der Waals surface area contributed by atoms with Gasteiger partial charge >= 0.3 is 0 Å². The lowest BCUT2D eigenvalue weighted by atomic mass is 10.2. The van der Waals surface area contributed by atoms with Gasteiger partial charge in [0.2, 0.25) is 0 Å². The molecule has 0 unspecified atom stereocenters. The van der Waals surface area contributed by atoms with Crippen molar-refractivity contribution in [2.75, 3.05) is 6.61 Å². The smallest absolute Gasteiger partial charge is 0.123 e. The predicted molar refractivity (Wildman–Crippen MR) is 62.4 cm³/mol. The fourth-order valence-corrected chi connectivity index (χ4v) is 1.43. The first-order valence-corrected chi connectivity index (χ1v) is 5.36. The van der Waals surface area contributed by atoms with E-state index in [1.54, 1.807) is 0 Å². The van der Waals surface area contributed by atoms with Gasteiger partial charge in [0.05, 0.1) is 6.61 Å². The zero-order valence-electron chi connectivity index (χ0n) is 8.22. The third kappa shape index (κ3) is 3.43. The number of halogens is 1. The largest absolute Gasteiger partial charge is 0.493 e. The van der Waals surface area contributed by atoms with Crippen molar-refractivity contribution in [1.82, 2.24) is 0 Å². The van der Waals surface area contributed by atoms with E-state index in [2.05, 4.69) is 21.9 Å². The lowest BCUT2D eigenvalue weighted by molar-refractivity contribution is 0.310. The summed E-state index contributed by atoms with van der Waals surface area (Å²) in [5.74, 6) is 3.52. The molecule has 0 bridgehead atoms. The first kappa shape index (κ1) is 11.1. The summed E-state index contributed by atoms with van der Waals surface area (Å²) in [6.45, 7) is 2.71. The van der Waals surface area contributed by atoms with Gasteiger partial charge in [-0.1, -0.05) is 22.0 Å². The Hall–Kier alpha value is -0.940. The molecule has 0 fully saturated rings. The number of hydrogen-bond acceptors (Lipinski definition) is 1. The van der Waals surface area contributed by atoms with Crippen LogP contribution in [0.2, 0.25) is 0 Å². The van der Waals surface area contributed by atoms with Crippen LogP contribution in [0.5, 0.6) is 5.75 Å². The van der Waals surface area contributed by atoms with Crippen molar-refractivity contribution in [3.8, 4) is 18.1 Å². The van der Waals surface area contributed by atoms with Crippen molar-refractivity contribution in [3.63, 3.8) is 0 Å². The van der Waals surface area contributed by atoms with E-state index < -0.39 is 0 Å². The molecule has 74 valence electrons. The van der Waals surface area contributed by atoms with Gasteiger partial charge in [0.15, 0.2) is 0 Å². The van der Waals surface area contributed by atoms with Crippen LogP contribution in [0.1, 0.15) is 18.4 Å². The zero-order valence-corrected chi connectivity index (χ0v) is 9.80. The van der Waals surface area contributed by atoms with Crippen LogP contribution in [0, 0.1) is 19.3 Å². The lowest BCUT2D eigenvalue weighted by Crippen LogP contribution is -1.98. The van der Waals surface area contributed by atoms with Crippen molar-refractivity contribution in [2.24, 2.45) is 0 Å². The Bertz CT molecular complexity index is 339. The van der Waals surface area contributed by atoms with Gasteiger partial charge < -0.3 is 4.74 Å². The average Bonchev–Trinajstić information content (AvgIpc) is 2.18. The average molecular weight is 253 g/mol. The van der Waals surface area contributed by atoms with Gasteiger partial charge in [-0.15, -0.1) is 12.3 Å². The van der Waals surface area contributed by atoms with E-state index in [1.165, 1.54) is 0 Å². The van der Waals surface area contributed by atoms with E-state index in [9.17, 15) is 0 Å². The van der Waals surface area contributed by atoms with Crippen molar-refractivity contribution in [3.05, 3.63) is 28.2 Å². The van der Waals surface area contributed by atoms with Gasteiger partial charge in [-0.2, -0.15) is 0 Å². The third-order valence-corrected chi connectivity index (χ3v) is 2.37. The normalized spacial score (nSPS) is 9.50. The summed E-state index contributed by atoms with van der Waals surface area (Å²) in [5, 5.41) is 0. The van der Waals surface area contributed by atoms with Gasteiger partial charge in [0, 0.05) is 10.9 Å². The quantitative estimate of drug-likeness (QED) is 0.589. The van der Waals surface area contributed by atoms with Crippen LogP contribution in [0.3, 0.4) is 0 Å². The summed E-state index contributed by atoms with van der Waals surface area (Å²) in [7, 11) is 0. The van der Waals surface area contributed by atoms with E-state index in [1.807, 2.05) is 25.1 Å². The van der Waals surface area contributed by atoms with Crippen LogP contribution in [0.15, 0.2) is 22.7 Å². The SMILES string of the molecule is C#CCCCOc1cc(Br)ccc1C. The van der Waals surface area contributed by atoms with Crippen molar-refractivity contribution >= 4 is 15.9 Å². The Kier molecular flexibility index (Phi) is 4.55. The molecule has 0 radical (unpaired) electrons. The highest BCUT2D eigenvalue weighted by Crippen LogP contribution is 2.22. The molecule has 2 heteroatoms. The van der Waals surface area contributed by atoms with Gasteiger partial charge in [-0.05, 0) is 31.0 Å².